The zero-order valence-electron chi connectivity index (χ0n) is 18.7. The first kappa shape index (κ1) is 22.1. The van der Waals surface area contributed by atoms with E-state index in [1.807, 2.05) is 32.9 Å². The Morgan fingerprint density at radius 1 is 1.00 bits per heavy atom. The van der Waals surface area contributed by atoms with Crippen molar-refractivity contribution in [1.82, 2.24) is 0 Å². The van der Waals surface area contributed by atoms with E-state index in [9.17, 15) is 19.8 Å². The van der Waals surface area contributed by atoms with Crippen LogP contribution in [-0.2, 0) is 9.59 Å². The van der Waals surface area contributed by atoms with E-state index in [0.29, 0.717) is 29.2 Å². The summed E-state index contributed by atoms with van der Waals surface area (Å²) >= 11 is 0. The quantitative estimate of drug-likeness (QED) is 0.328. The summed E-state index contributed by atoms with van der Waals surface area (Å²) in [6.45, 7) is 6.13. The topological polar surface area (TPSA) is 87.1 Å². The van der Waals surface area contributed by atoms with E-state index in [2.05, 4.69) is 0 Å². The lowest BCUT2D eigenvalue weighted by atomic mass is 9.94. The average Bonchev–Trinajstić information content (AvgIpc) is 3.05. The molecule has 1 heterocycles. The molecule has 1 aliphatic heterocycles. The largest absolute Gasteiger partial charge is 0.508 e. The van der Waals surface area contributed by atoms with Crippen molar-refractivity contribution in [3.8, 4) is 11.5 Å². The number of aliphatic hydroxyl groups excluding tert-OH is 1. The zero-order valence-corrected chi connectivity index (χ0v) is 18.7. The van der Waals surface area contributed by atoms with Crippen molar-refractivity contribution >= 4 is 23.1 Å². The van der Waals surface area contributed by atoms with Crippen molar-refractivity contribution in [1.29, 1.82) is 0 Å². The number of aliphatic hydroxyl groups is 1. The lowest BCUT2D eigenvalue weighted by molar-refractivity contribution is -0.132. The number of amides is 1. The Labute approximate surface area is 192 Å². The molecule has 6 heteroatoms. The Morgan fingerprint density at radius 3 is 2.42 bits per heavy atom. The van der Waals surface area contributed by atoms with Gasteiger partial charge in [-0.3, -0.25) is 14.5 Å². The van der Waals surface area contributed by atoms with Gasteiger partial charge in [0.25, 0.3) is 11.7 Å². The maximum absolute atomic E-state index is 13.2. The van der Waals surface area contributed by atoms with Gasteiger partial charge in [0, 0.05) is 11.3 Å². The van der Waals surface area contributed by atoms with E-state index in [4.69, 9.17) is 4.74 Å². The Morgan fingerprint density at radius 2 is 1.76 bits per heavy atom. The first-order valence-electron chi connectivity index (χ1n) is 10.7. The number of anilines is 1. The minimum Gasteiger partial charge on any atom is -0.508 e. The van der Waals surface area contributed by atoms with Crippen molar-refractivity contribution < 1.29 is 24.5 Å². The predicted molar refractivity (Wildman–Crippen MR) is 126 cm³/mol. The smallest absolute Gasteiger partial charge is 0.300 e. The third kappa shape index (κ3) is 4.07. The van der Waals surface area contributed by atoms with Crippen LogP contribution in [0.4, 0.5) is 5.69 Å². The van der Waals surface area contributed by atoms with E-state index in [-0.39, 0.29) is 17.1 Å². The first-order valence-corrected chi connectivity index (χ1v) is 10.7. The van der Waals surface area contributed by atoms with Gasteiger partial charge in [-0.2, -0.15) is 0 Å². The molecular formula is C27H25NO5. The van der Waals surface area contributed by atoms with Gasteiger partial charge < -0.3 is 14.9 Å². The highest BCUT2D eigenvalue weighted by Crippen LogP contribution is 2.43. The number of Topliss-reactive ketones (excluding diaryl/α,β-unsaturated/α-hetero) is 1. The fraction of sp³-hybridized carbons (Fsp3) is 0.185. The van der Waals surface area contributed by atoms with E-state index in [0.717, 1.165) is 11.1 Å². The molecule has 0 aliphatic carbocycles. The van der Waals surface area contributed by atoms with Crippen molar-refractivity contribution in [2.45, 2.75) is 26.8 Å². The number of phenolic OH excluding ortho intramolecular Hbond substituents is 1. The number of ether oxygens (including phenoxy) is 1. The number of benzene rings is 3. The van der Waals surface area contributed by atoms with Crippen LogP contribution in [0.25, 0.3) is 5.76 Å². The number of carbonyl (C=O) groups is 2. The minimum absolute atomic E-state index is 0.000702. The number of ketones is 1. The first-order chi connectivity index (χ1) is 15.8. The van der Waals surface area contributed by atoms with E-state index >= 15 is 0 Å². The molecule has 1 fully saturated rings. The van der Waals surface area contributed by atoms with Crippen molar-refractivity contribution in [2.75, 3.05) is 11.5 Å². The highest BCUT2D eigenvalue weighted by Gasteiger charge is 2.47. The minimum atomic E-state index is -0.897. The molecule has 1 saturated heterocycles. The molecular weight excluding hydrogens is 418 g/mol. The van der Waals surface area contributed by atoms with Gasteiger partial charge in [-0.1, -0.05) is 24.3 Å². The van der Waals surface area contributed by atoms with Crippen LogP contribution in [0.3, 0.4) is 0 Å². The van der Waals surface area contributed by atoms with Crippen LogP contribution in [0.1, 0.15) is 35.2 Å². The summed E-state index contributed by atoms with van der Waals surface area (Å²) in [6, 6.07) is 17.8. The van der Waals surface area contributed by atoms with Gasteiger partial charge in [0.05, 0.1) is 18.2 Å². The monoisotopic (exact) mass is 443 g/mol. The Balaban J connectivity index is 1.92. The second kappa shape index (κ2) is 8.82. The number of phenols is 1. The molecule has 0 spiro atoms. The summed E-state index contributed by atoms with van der Waals surface area (Å²) < 4.78 is 5.57. The van der Waals surface area contributed by atoms with Crippen LogP contribution in [-0.4, -0.2) is 28.5 Å². The molecule has 1 amide bonds. The summed E-state index contributed by atoms with van der Waals surface area (Å²) in [7, 11) is 0. The predicted octanol–water partition coefficient (Wildman–Crippen LogP) is 5.03. The second-order valence-corrected chi connectivity index (χ2v) is 8.02. The number of hydrogen-bond donors (Lipinski definition) is 2. The number of aryl methyl sites for hydroxylation is 2. The maximum atomic E-state index is 13.2. The number of carbonyl (C=O) groups excluding carboxylic acids is 2. The van der Waals surface area contributed by atoms with Gasteiger partial charge in [-0.05, 0) is 79.9 Å². The van der Waals surface area contributed by atoms with E-state index < -0.39 is 17.7 Å². The summed E-state index contributed by atoms with van der Waals surface area (Å²) in [5.41, 5.74) is 3.14. The molecule has 33 heavy (non-hydrogen) atoms. The molecule has 3 aromatic rings. The molecule has 1 aliphatic rings. The van der Waals surface area contributed by atoms with Gasteiger partial charge in [-0.15, -0.1) is 0 Å². The molecule has 0 saturated carbocycles. The lowest BCUT2D eigenvalue weighted by Crippen LogP contribution is -2.29. The van der Waals surface area contributed by atoms with Crippen LogP contribution in [0, 0.1) is 13.8 Å². The maximum Gasteiger partial charge on any atom is 0.300 e. The Kier molecular flexibility index (Phi) is 5.92. The Bertz CT molecular complexity index is 1280. The standard InChI is InChI=1S/C27H25NO5/c1-4-33-22-12-11-19(14-17(22)3)25(30)23-24(18-8-6-10-21(29)15-18)28(27(32)26(23)31)20-9-5-7-16(2)13-20/h5-15,24,29-30H,4H2,1-3H3/b25-23-. The van der Waals surface area contributed by atoms with Gasteiger partial charge in [-0.25, -0.2) is 0 Å². The van der Waals surface area contributed by atoms with Crippen LogP contribution < -0.4 is 9.64 Å². The molecule has 2 N–H and O–H groups in total. The number of nitrogens with zero attached hydrogens (tertiary/aromatic N) is 1. The van der Waals surface area contributed by atoms with Crippen molar-refractivity contribution in [3.63, 3.8) is 0 Å². The molecule has 0 radical (unpaired) electrons. The molecule has 1 atom stereocenters. The van der Waals surface area contributed by atoms with Crippen LogP contribution >= 0.6 is 0 Å². The molecule has 1 unspecified atom stereocenters. The summed E-state index contributed by atoms with van der Waals surface area (Å²) in [6.07, 6.45) is 0. The van der Waals surface area contributed by atoms with E-state index in [1.54, 1.807) is 42.5 Å². The van der Waals surface area contributed by atoms with Gasteiger partial charge in [0.2, 0.25) is 0 Å². The van der Waals surface area contributed by atoms with Crippen LogP contribution in [0.5, 0.6) is 11.5 Å². The molecule has 0 bridgehead atoms. The summed E-state index contributed by atoms with van der Waals surface area (Å²) in [4.78, 5) is 27.8. The number of rotatable bonds is 5. The highest BCUT2D eigenvalue weighted by molar-refractivity contribution is 6.51. The van der Waals surface area contributed by atoms with Crippen LogP contribution in [0.2, 0.25) is 0 Å². The average molecular weight is 443 g/mol. The second-order valence-electron chi connectivity index (χ2n) is 8.02. The zero-order chi connectivity index (χ0) is 23.7. The fourth-order valence-corrected chi connectivity index (χ4v) is 4.16. The molecule has 0 aromatic heterocycles. The van der Waals surface area contributed by atoms with Crippen molar-refractivity contribution in [3.05, 3.63) is 94.6 Å². The van der Waals surface area contributed by atoms with Gasteiger partial charge in [0.15, 0.2) is 0 Å². The number of hydrogen-bond acceptors (Lipinski definition) is 5. The Hall–Kier alpha value is -4.06. The fourth-order valence-electron chi connectivity index (χ4n) is 4.16. The SMILES string of the molecule is CCOc1ccc(/C(O)=C2/C(=O)C(=O)N(c3cccc(C)c3)C2c2cccc(O)c2)cc1C. The summed E-state index contributed by atoms with van der Waals surface area (Å²) in [5, 5.41) is 21.3. The molecule has 168 valence electrons. The molecule has 3 aromatic carbocycles. The van der Waals surface area contributed by atoms with E-state index in [1.165, 1.54) is 17.0 Å². The van der Waals surface area contributed by atoms with Crippen molar-refractivity contribution in [2.24, 2.45) is 0 Å². The molecule has 4 rings (SSSR count). The van der Waals surface area contributed by atoms with Gasteiger partial charge in [0.1, 0.15) is 17.3 Å². The molecule has 6 nitrogen and oxygen atoms in total. The third-order valence-corrected chi connectivity index (χ3v) is 5.66. The third-order valence-electron chi connectivity index (χ3n) is 5.66. The number of aromatic hydroxyl groups is 1. The van der Waals surface area contributed by atoms with Crippen LogP contribution in [0.15, 0.2) is 72.3 Å². The van der Waals surface area contributed by atoms with Gasteiger partial charge >= 0.3 is 0 Å². The summed E-state index contributed by atoms with van der Waals surface area (Å²) in [5.74, 6) is -1.12. The lowest BCUT2D eigenvalue weighted by Gasteiger charge is -2.26. The normalized spacial score (nSPS) is 17.4. The highest BCUT2D eigenvalue weighted by atomic mass is 16.5.